The molecular weight excluding hydrogens is 240 g/mol. The molecule has 0 amide bonds. The summed E-state index contributed by atoms with van der Waals surface area (Å²) in [6.45, 7) is 3.03. The van der Waals surface area contributed by atoms with Gasteiger partial charge in [0.05, 0.1) is 7.11 Å². The Hall–Kier alpha value is -2.16. The molecule has 3 nitrogen and oxygen atoms in total. The highest BCUT2D eigenvalue weighted by Crippen LogP contribution is 2.25. The Labute approximate surface area is 113 Å². The van der Waals surface area contributed by atoms with Gasteiger partial charge in [0.1, 0.15) is 19.0 Å². The number of para-hydroxylation sites is 2. The Morgan fingerprint density at radius 3 is 2.11 bits per heavy atom. The monoisotopic (exact) mass is 258 g/mol. The summed E-state index contributed by atoms with van der Waals surface area (Å²) in [5.74, 6) is 2.32. The number of benzene rings is 2. The van der Waals surface area contributed by atoms with E-state index in [1.165, 1.54) is 5.56 Å². The molecule has 0 saturated heterocycles. The van der Waals surface area contributed by atoms with Gasteiger partial charge in [-0.2, -0.15) is 0 Å². The smallest absolute Gasteiger partial charge is 0.161 e. The third kappa shape index (κ3) is 3.91. The van der Waals surface area contributed by atoms with Crippen LogP contribution in [0.25, 0.3) is 0 Å². The van der Waals surface area contributed by atoms with Gasteiger partial charge in [0.25, 0.3) is 0 Å². The third-order valence-corrected chi connectivity index (χ3v) is 2.70. The zero-order chi connectivity index (χ0) is 13.5. The lowest BCUT2D eigenvalue weighted by Gasteiger charge is -2.11. The molecule has 19 heavy (non-hydrogen) atoms. The van der Waals surface area contributed by atoms with Gasteiger partial charge < -0.3 is 14.2 Å². The normalized spacial score (nSPS) is 10.0. The van der Waals surface area contributed by atoms with Gasteiger partial charge in [-0.3, -0.25) is 0 Å². The number of methoxy groups -OCH3 is 1. The van der Waals surface area contributed by atoms with Crippen LogP contribution in [-0.2, 0) is 0 Å². The van der Waals surface area contributed by atoms with Crippen molar-refractivity contribution < 1.29 is 14.2 Å². The van der Waals surface area contributed by atoms with Gasteiger partial charge in [0, 0.05) is 0 Å². The van der Waals surface area contributed by atoms with Crippen LogP contribution in [-0.4, -0.2) is 20.3 Å². The van der Waals surface area contributed by atoms with Crippen molar-refractivity contribution in [1.82, 2.24) is 0 Å². The molecule has 2 aromatic rings. The van der Waals surface area contributed by atoms with E-state index >= 15 is 0 Å². The van der Waals surface area contributed by atoms with Crippen molar-refractivity contribution >= 4 is 0 Å². The molecule has 0 atom stereocenters. The van der Waals surface area contributed by atoms with Crippen LogP contribution in [0.4, 0.5) is 0 Å². The van der Waals surface area contributed by atoms with E-state index < -0.39 is 0 Å². The zero-order valence-corrected chi connectivity index (χ0v) is 11.3. The molecule has 3 heteroatoms. The fourth-order valence-corrected chi connectivity index (χ4v) is 1.68. The van der Waals surface area contributed by atoms with E-state index in [1.54, 1.807) is 7.11 Å². The second-order valence-electron chi connectivity index (χ2n) is 4.16. The maximum atomic E-state index is 5.62. The molecule has 0 heterocycles. The highest BCUT2D eigenvalue weighted by atomic mass is 16.5. The van der Waals surface area contributed by atoms with Crippen molar-refractivity contribution in [2.24, 2.45) is 0 Å². The molecule has 0 spiro atoms. The van der Waals surface area contributed by atoms with E-state index in [1.807, 2.05) is 48.5 Å². The third-order valence-electron chi connectivity index (χ3n) is 2.70. The van der Waals surface area contributed by atoms with E-state index in [2.05, 4.69) is 6.92 Å². The van der Waals surface area contributed by atoms with Gasteiger partial charge >= 0.3 is 0 Å². The van der Waals surface area contributed by atoms with Gasteiger partial charge in [-0.15, -0.1) is 0 Å². The molecule has 0 aliphatic carbocycles. The number of rotatable bonds is 6. The zero-order valence-electron chi connectivity index (χ0n) is 11.3. The minimum absolute atomic E-state index is 0.480. The van der Waals surface area contributed by atoms with Crippen molar-refractivity contribution in [3.8, 4) is 17.2 Å². The predicted molar refractivity (Wildman–Crippen MR) is 75.2 cm³/mol. The van der Waals surface area contributed by atoms with E-state index in [0.717, 1.165) is 17.2 Å². The summed E-state index contributed by atoms with van der Waals surface area (Å²) in [4.78, 5) is 0. The maximum absolute atomic E-state index is 5.62. The fourth-order valence-electron chi connectivity index (χ4n) is 1.68. The van der Waals surface area contributed by atoms with Crippen LogP contribution in [0, 0.1) is 6.92 Å². The summed E-state index contributed by atoms with van der Waals surface area (Å²) in [7, 11) is 1.63. The summed E-state index contributed by atoms with van der Waals surface area (Å²) in [5.41, 5.74) is 1.22. The Balaban J connectivity index is 1.79. The molecule has 0 aromatic heterocycles. The first-order valence-electron chi connectivity index (χ1n) is 6.25. The van der Waals surface area contributed by atoms with Gasteiger partial charge in [0.2, 0.25) is 0 Å². The van der Waals surface area contributed by atoms with Crippen molar-refractivity contribution in [2.75, 3.05) is 20.3 Å². The second kappa shape index (κ2) is 6.69. The first kappa shape index (κ1) is 13.3. The van der Waals surface area contributed by atoms with Gasteiger partial charge in [0.15, 0.2) is 11.5 Å². The average molecular weight is 258 g/mol. The molecule has 2 aromatic carbocycles. The first-order valence-corrected chi connectivity index (χ1v) is 6.25. The SMILES string of the molecule is COc1ccccc1OCCOc1ccc(C)cc1. The van der Waals surface area contributed by atoms with Crippen LogP contribution in [0.1, 0.15) is 5.56 Å². The molecule has 0 aliphatic rings. The number of hydrogen-bond donors (Lipinski definition) is 0. The standard InChI is InChI=1S/C16H18O3/c1-13-7-9-14(10-8-13)18-11-12-19-16-6-4-3-5-15(16)17-2/h3-10H,11-12H2,1-2H3. The number of hydrogen-bond acceptors (Lipinski definition) is 3. The molecule has 100 valence electrons. The maximum Gasteiger partial charge on any atom is 0.161 e. The van der Waals surface area contributed by atoms with Crippen LogP contribution in [0.3, 0.4) is 0 Å². The highest BCUT2D eigenvalue weighted by Gasteiger charge is 2.02. The first-order chi connectivity index (χ1) is 9.29. The molecule has 0 saturated carbocycles. The van der Waals surface area contributed by atoms with Gasteiger partial charge in [-0.25, -0.2) is 0 Å². The van der Waals surface area contributed by atoms with Crippen LogP contribution in [0.5, 0.6) is 17.2 Å². The second-order valence-corrected chi connectivity index (χ2v) is 4.16. The molecule has 0 aliphatic heterocycles. The molecule has 2 rings (SSSR count). The average Bonchev–Trinajstić information content (AvgIpc) is 2.46. The Morgan fingerprint density at radius 1 is 0.789 bits per heavy atom. The van der Waals surface area contributed by atoms with Crippen LogP contribution in [0.15, 0.2) is 48.5 Å². The molecule has 0 N–H and O–H groups in total. The summed E-state index contributed by atoms with van der Waals surface area (Å²) in [6.07, 6.45) is 0. The number of ether oxygens (including phenoxy) is 3. The number of aryl methyl sites for hydroxylation is 1. The summed E-state index contributed by atoms with van der Waals surface area (Å²) < 4.78 is 16.4. The van der Waals surface area contributed by atoms with E-state index in [9.17, 15) is 0 Å². The molecular formula is C16H18O3. The van der Waals surface area contributed by atoms with Gasteiger partial charge in [-0.05, 0) is 31.2 Å². The Kier molecular flexibility index (Phi) is 4.67. The summed E-state index contributed by atoms with van der Waals surface area (Å²) in [6, 6.07) is 15.5. The Morgan fingerprint density at radius 2 is 1.42 bits per heavy atom. The predicted octanol–water partition coefficient (Wildman–Crippen LogP) is 3.46. The molecule has 0 radical (unpaired) electrons. The lowest BCUT2D eigenvalue weighted by molar-refractivity contribution is 0.211. The van der Waals surface area contributed by atoms with Crippen molar-refractivity contribution in [3.05, 3.63) is 54.1 Å². The largest absolute Gasteiger partial charge is 0.493 e. The quantitative estimate of drug-likeness (QED) is 0.743. The topological polar surface area (TPSA) is 27.7 Å². The lowest BCUT2D eigenvalue weighted by atomic mass is 10.2. The van der Waals surface area contributed by atoms with E-state index in [4.69, 9.17) is 14.2 Å². The van der Waals surface area contributed by atoms with Crippen LogP contribution in [0.2, 0.25) is 0 Å². The molecule has 0 bridgehead atoms. The summed E-state index contributed by atoms with van der Waals surface area (Å²) >= 11 is 0. The van der Waals surface area contributed by atoms with E-state index in [-0.39, 0.29) is 0 Å². The van der Waals surface area contributed by atoms with Crippen molar-refractivity contribution in [3.63, 3.8) is 0 Å². The van der Waals surface area contributed by atoms with E-state index in [0.29, 0.717) is 13.2 Å². The minimum atomic E-state index is 0.480. The van der Waals surface area contributed by atoms with Crippen LogP contribution < -0.4 is 14.2 Å². The van der Waals surface area contributed by atoms with Crippen molar-refractivity contribution in [1.29, 1.82) is 0 Å². The summed E-state index contributed by atoms with van der Waals surface area (Å²) in [5, 5.41) is 0. The van der Waals surface area contributed by atoms with Gasteiger partial charge in [-0.1, -0.05) is 29.8 Å². The highest BCUT2D eigenvalue weighted by molar-refractivity contribution is 5.39. The molecule has 0 fully saturated rings. The lowest BCUT2D eigenvalue weighted by Crippen LogP contribution is -2.09. The van der Waals surface area contributed by atoms with Crippen LogP contribution >= 0.6 is 0 Å². The fraction of sp³-hybridized carbons (Fsp3) is 0.250. The minimum Gasteiger partial charge on any atom is -0.493 e. The Bertz CT molecular complexity index is 506. The van der Waals surface area contributed by atoms with Crippen molar-refractivity contribution in [2.45, 2.75) is 6.92 Å². The molecule has 0 unspecified atom stereocenters.